The average molecular weight is 355 g/mol. The highest BCUT2D eigenvalue weighted by Crippen LogP contribution is 2.20. The van der Waals surface area contributed by atoms with Gasteiger partial charge in [-0.1, -0.05) is 24.3 Å². The summed E-state index contributed by atoms with van der Waals surface area (Å²) in [5.74, 6) is 0.576. The topological polar surface area (TPSA) is 64.6 Å². The van der Waals surface area contributed by atoms with Crippen molar-refractivity contribution in [1.29, 1.82) is 0 Å². The van der Waals surface area contributed by atoms with Gasteiger partial charge in [0.05, 0.1) is 12.7 Å². The van der Waals surface area contributed by atoms with Gasteiger partial charge in [-0.15, -0.1) is 0 Å². The van der Waals surface area contributed by atoms with Crippen molar-refractivity contribution in [2.75, 3.05) is 19.0 Å². The molecule has 0 aliphatic heterocycles. The van der Waals surface area contributed by atoms with Gasteiger partial charge in [-0.2, -0.15) is 0 Å². The fraction of sp³-hybridized carbons (Fsp3) is 0.333. The predicted octanol–water partition coefficient (Wildman–Crippen LogP) is 4.39. The number of ketones is 1. The summed E-state index contributed by atoms with van der Waals surface area (Å²) < 4.78 is 10.9. The van der Waals surface area contributed by atoms with Crippen LogP contribution in [0, 0.1) is 0 Å². The van der Waals surface area contributed by atoms with Crippen molar-refractivity contribution in [2.24, 2.45) is 0 Å². The summed E-state index contributed by atoms with van der Waals surface area (Å²) in [5, 5.41) is 2.89. The van der Waals surface area contributed by atoms with E-state index in [9.17, 15) is 9.59 Å². The van der Waals surface area contributed by atoms with Gasteiger partial charge < -0.3 is 14.8 Å². The lowest BCUT2D eigenvalue weighted by Gasteiger charge is -2.12. The van der Waals surface area contributed by atoms with Gasteiger partial charge in [-0.25, -0.2) is 0 Å². The van der Waals surface area contributed by atoms with Gasteiger partial charge >= 0.3 is 0 Å². The maximum absolute atomic E-state index is 12.1. The number of amides is 1. The molecule has 5 heteroatoms. The zero-order valence-electron chi connectivity index (χ0n) is 15.5. The minimum absolute atomic E-state index is 0.000139. The molecule has 0 aliphatic carbocycles. The summed E-state index contributed by atoms with van der Waals surface area (Å²) in [5.41, 5.74) is 2.39. The minimum atomic E-state index is -0.0618. The summed E-state index contributed by atoms with van der Waals surface area (Å²) >= 11 is 0. The molecule has 0 bridgehead atoms. The molecule has 2 rings (SSSR count). The van der Waals surface area contributed by atoms with Crippen molar-refractivity contribution < 1.29 is 19.1 Å². The van der Waals surface area contributed by atoms with Gasteiger partial charge in [0.25, 0.3) is 0 Å². The highest BCUT2D eigenvalue weighted by molar-refractivity contribution is 5.94. The van der Waals surface area contributed by atoms with Crippen molar-refractivity contribution >= 4 is 17.4 Å². The number of Topliss-reactive ketones (excluding diaryl/α,β-unsaturated/α-hetero) is 1. The Hall–Kier alpha value is -2.66. The second kappa shape index (κ2) is 9.73. The lowest BCUT2D eigenvalue weighted by atomic mass is 10.1. The van der Waals surface area contributed by atoms with Crippen molar-refractivity contribution in [2.45, 2.75) is 32.8 Å². The quantitative estimate of drug-likeness (QED) is 0.535. The van der Waals surface area contributed by atoms with Crippen LogP contribution in [0.5, 0.6) is 5.75 Å². The van der Waals surface area contributed by atoms with Gasteiger partial charge in [0, 0.05) is 24.8 Å². The standard InChI is InChI=1S/C21H25NO4/c1-15(23)17-7-5-10-20(14-17)26-12-6-11-21(24)22-19-9-4-8-18(13-19)16(2)25-3/h4-5,7-10,13-14,16H,6,11-12H2,1-3H3,(H,22,24). The average Bonchev–Trinajstić information content (AvgIpc) is 2.65. The first-order valence-electron chi connectivity index (χ1n) is 8.66. The monoisotopic (exact) mass is 355 g/mol. The second-order valence-corrected chi connectivity index (χ2v) is 6.09. The lowest BCUT2D eigenvalue weighted by Crippen LogP contribution is -2.13. The van der Waals surface area contributed by atoms with E-state index in [4.69, 9.17) is 9.47 Å². The van der Waals surface area contributed by atoms with E-state index in [1.165, 1.54) is 6.92 Å². The molecule has 1 amide bonds. The molecule has 0 aromatic heterocycles. The third kappa shape index (κ3) is 6.01. The highest BCUT2D eigenvalue weighted by Gasteiger charge is 2.07. The SMILES string of the molecule is COC(C)c1cccc(NC(=O)CCCOc2cccc(C(C)=O)c2)c1. The Bertz CT molecular complexity index is 757. The number of nitrogens with one attached hydrogen (secondary N) is 1. The normalized spacial score (nSPS) is 11.7. The van der Waals surface area contributed by atoms with E-state index in [0.717, 1.165) is 11.3 Å². The van der Waals surface area contributed by atoms with Crippen LogP contribution in [0.4, 0.5) is 5.69 Å². The number of hydrogen-bond acceptors (Lipinski definition) is 4. The van der Waals surface area contributed by atoms with Crippen LogP contribution < -0.4 is 10.1 Å². The molecule has 1 unspecified atom stereocenters. The van der Waals surface area contributed by atoms with Crippen molar-refractivity contribution in [3.8, 4) is 5.75 Å². The van der Waals surface area contributed by atoms with Crippen LogP contribution in [-0.2, 0) is 9.53 Å². The van der Waals surface area contributed by atoms with E-state index in [2.05, 4.69) is 5.32 Å². The molecule has 0 saturated heterocycles. The maximum Gasteiger partial charge on any atom is 0.224 e. The molecule has 1 N–H and O–H groups in total. The number of hydrogen-bond donors (Lipinski definition) is 1. The smallest absolute Gasteiger partial charge is 0.224 e. The number of ether oxygens (including phenoxy) is 2. The molecule has 0 aliphatic rings. The number of carbonyl (C=O) groups is 2. The van der Waals surface area contributed by atoms with Gasteiger partial charge in [0.15, 0.2) is 5.78 Å². The van der Waals surface area contributed by atoms with Gasteiger partial charge in [-0.3, -0.25) is 9.59 Å². The number of carbonyl (C=O) groups excluding carboxylic acids is 2. The van der Waals surface area contributed by atoms with Crippen LogP contribution in [0.15, 0.2) is 48.5 Å². The van der Waals surface area contributed by atoms with Crippen LogP contribution in [0.1, 0.15) is 48.7 Å². The number of methoxy groups -OCH3 is 1. The van der Waals surface area contributed by atoms with Crippen LogP contribution in [0.3, 0.4) is 0 Å². The Kier molecular flexibility index (Phi) is 7.36. The Morgan fingerprint density at radius 1 is 1.12 bits per heavy atom. The third-order valence-corrected chi connectivity index (χ3v) is 4.05. The molecule has 1 atom stereocenters. The minimum Gasteiger partial charge on any atom is -0.494 e. The summed E-state index contributed by atoms with van der Waals surface area (Å²) in [6, 6.07) is 14.7. The number of benzene rings is 2. The van der Waals surface area contributed by atoms with Crippen LogP contribution in [0.2, 0.25) is 0 Å². The Balaban J connectivity index is 1.77. The molecular weight excluding hydrogens is 330 g/mol. The number of anilines is 1. The van der Waals surface area contributed by atoms with E-state index in [1.807, 2.05) is 31.2 Å². The Morgan fingerprint density at radius 2 is 1.88 bits per heavy atom. The van der Waals surface area contributed by atoms with Gasteiger partial charge in [0.1, 0.15) is 5.75 Å². The summed E-state index contributed by atoms with van der Waals surface area (Å²) in [6.45, 7) is 3.89. The lowest BCUT2D eigenvalue weighted by molar-refractivity contribution is -0.116. The van der Waals surface area contributed by atoms with E-state index in [0.29, 0.717) is 30.8 Å². The van der Waals surface area contributed by atoms with Crippen LogP contribution >= 0.6 is 0 Å². The molecule has 26 heavy (non-hydrogen) atoms. The van der Waals surface area contributed by atoms with Crippen molar-refractivity contribution in [3.05, 3.63) is 59.7 Å². The predicted molar refractivity (Wildman–Crippen MR) is 102 cm³/mol. The van der Waals surface area contributed by atoms with Crippen LogP contribution in [-0.4, -0.2) is 25.4 Å². The first kappa shape index (κ1) is 19.7. The molecule has 0 saturated carbocycles. The van der Waals surface area contributed by atoms with Crippen molar-refractivity contribution in [1.82, 2.24) is 0 Å². The van der Waals surface area contributed by atoms with E-state index in [-0.39, 0.29) is 17.8 Å². The fourth-order valence-electron chi connectivity index (χ4n) is 2.46. The van der Waals surface area contributed by atoms with E-state index < -0.39 is 0 Å². The molecule has 138 valence electrons. The molecule has 0 fully saturated rings. The molecular formula is C21H25NO4. The molecule has 2 aromatic rings. The number of rotatable bonds is 9. The maximum atomic E-state index is 12.1. The van der Waals surface area contributed by atoms with Crippen LogP contribution in [0.25, 0.3) is 0 Å². The molecule has 0 spiro atoms. The Morgan fingerprint density at radius 3 is 2.62 bits per heavy atom. The second-order valence-electron chi connectivity index (χ2n) is 6.09. The van der Waals surface area contributed by atoms with E-state index >= 15 is 0 Å². The first-order chi connectivity index (χ1) is 12.5. The Labute approximate surface area is 154 Å². The van der Waals surface area contributed by atoms with Gasteiger partial charge in [-0.05, 0) is 50.1 Å². The molecule has 5 nitrogen and oxygen atoms in total. The summed E-state index contributed by atoms with van der Waals surface area (Å²) in [4.78, 5) is 23.4. The van der Waals surface area contributed by atoms with Crippen molar-refractivity contribution in [3.63, 3.8) is 0 Å². The summed E-state index contributed by atoms with van der Waals surface area (Å²) in [7, 11) is 1.65. The largest absolute Gasteiger partial charge is 0.494 e. The third-order valence-electron chi connectivity index (χ3n) is 4.05. The molecule has 0 heterocycles. The van der Waals surface area contributed by atoms with Gasteiger partial charge in [0.2, 0.25) is 5.91 Å². The highest BCUT2D eigenvalue weighted by atomic mass is 16.5. The fourth-order valence-corrected chi connectivity index (χ4v) is 2.46. The first-order valence-corrected chi connectivity index (χ1v) is 8.66. The molecule has 2 aromatic carbocycles. The summed E-state index contributed by atoms with van der Waals surface area (Å²) in [6.07, 6.45) is 0.923. The zero-order valence-corrected chi connectivity index (χ0v) is 15.5. The van der Waals surface area contributed by atoms with E-state index in [1.54, 1.807) is 31.4 Å². The molecule has 0 radical (unpaired) electrons. The zero-order chi connectivity index (χ0) is 18.9.